The molecule has 1 atom stereocenters. The summed E-state index contributed by atoms with van der Waals surface area (Å²) in [5.41, 5.74) is 1.09. The van der Waals surface area contributed by atoms with Gasteiger partial charge in [0.15, 0.2) is 0 Å². The van der Waals surface area contributed by atoms with Gasteiger partial charge in [-0.3, -0.25) is 0 Å². The van der Waals surface area contributed by atoms with E-state index in [4.69, 9.17) is 9.84 Å². The van der Waals surface area contributed by atoms with Crippen LogP contribution in [0.25, 0.3) is 0 Å². The van der Waals surface area contributed by atoms with Crippen molar-refractivity contribution in [2.24, 2.45) is 0 Å². The third kappa shape index (κ3) is 3.85. The SMILES string of the molecule is COCC(CCO)Nc1ncccc1C. The Hall–Kier alpha value is -1.13. The summed E-state index contributed by atoms with van der Waals surface area (Å²) in [4.78, 5) is 4.23. The summed E-state index contributed by atoms with van der Waals surface area (Å²) in [6, 6.07) is 4.00. The van der Waals surface area contributed by atoms with Crippen LogP contribution < -0.4 is 5.32 Å². The summed E-state index contributed by atoms with van der Waals surface area (Å²) in [5.74, 6) is 0.855. The van der Waals surface area contributed by atoms with Crippen molar-refractivity contribution in [3.63, 3.8) is 0 Å². The molecule has 1 rings (SSSR count). The van der Waals surface area contributed by atoms with Gasteiger partial charge in [0.1, 0.15) is 5.82 Å². The number of pyridine rings is 1. The molecular weight excluding hydrogens is 192 g/mol. The van der Waals surface area contributed by atoms with Crippen LogP contribution >= 0.6 is 0 Å². The van der Waals surface area contributed by atoms with E-state index in [-0.39, 0.29) is 12.6 Å². The van der Waals surface area contributed by atoms with Crippen molar-refractivity contribution in [3.05, 3.63) is 23.9 Å². The van der Waals surface area contributed by atoms with E-state index < -0.39 is 0 Å². The molecule has 0 aromatic carbocycles. The van der Waals surface area contributed by atoms with Gasteiger partial charge in [-0.1, -0.05) is 6.07 Å². The molecule has 15 heavy (non-hydrogen) atoms. The molecule has 0 aliphatic rings. The van der Waals surface area contributed by atoms with Gasteiger partial charge in [-0.15, -0.1) is 0 Å². The van der Waals surface area contributed by atoms with E-state index >= 15 is 0 Å². The molecule has 1 heterocycles. The van der Waals surface area contributed by atoms with Crippen LogP contribution in [0.2, 0.25) is 0 Å². The average molecular weight is 210 g/mol. The van der Waals surface area contributed by atoms with Crippen molar-refractivity contribution < 1.29 is 9.84 Å². The van der Waals surface area contributed by atoms with Crippen LogP contribution in [0, 0.1) is 6.92 Å². The predicted molar refractivity (Wildman–Crippen MR) is 60.0 cm³/mol. The number of rotatable bonds is 6. The smallest absolute Gasteiger partial charge is 0.129 e. The topological polar surface area (TPSA) is 54.4 Å². The van der Waals surface area contributed by atoms with Crippen LogP contribution in [0.3, 0.4) is 0 Å². The standard InChI is InChI=1S/C11H18N2O2/c1-9-4-3-6-12-11(9)13-10(5-7-14)8-15-2/h3-4,6,10,14H,5,7-8H2,1-2H3,(H,12,13). The Bertz CT molecular complexity index is 286. The third-order valence-corrected chi connectivity index (χ3v) is 2.20. The lowest BCUT2D eigenvalue weighted by atomic mass is 10.2. The Kier molecular flexibility index (Phi) is 5.07. The van der Waals surface area contributed by atoms with Gasteiger partial charge in [-0.25, -0.2) is 4.98 Å². The first kappa shape index (κ1) is 11.9. The van der Waals surface area contributed by atoms with E-state index in [1.54, 1.807) is 13.3 Å². The lowest BCUT2D eigenvalue weighted by molar-refractivity contribution is 0.170. The molecular formula is C11H18N2O2. The zero-order chi connectivity index (χ0) is 11.1. The van der Waals surface area contributed by atoms with Gasteiger partial charge in [0, 0.05) is 19.9 Å². The molecule has 4 nitrogen and oxygen atoms in total. The monoisotopic (exact) mass is 210 g/mol. The highest BCUT2D eigenvalue weighted by Crippen LogP contribution is 2.11. The van der Waals surface area contributed by atoms with E-state index in [9.17, 15) is 0 Å². The van der Waals surface area contributed by atoms with Crippen LogP contribution in [-0.2, 0) is 4.74 Å². The molecule has 0 saturated heterocycles. The number of nitrogens with zero attached hydrogens (tertiary/aromatic N) is 1. The summed E-state index contributed by atoms with van der Waals surface area (Å²) in [5, 5.41) is 12.1. The molecule has 2 N–H and O–H groups in total. The molecule has 0 saturated carbocycles. The van der Waals surface area contributed by atoms with Crippen molar-refractivity contribution in [2.45, 2.75) is 19.4 Å². The highest BCUT2D eigenvalue weighted by atomic mass is 16.5. The Balaban J connectivity index is 2.60. The fourth-order valence-electron chi connectivity index (χ4n) is 1.38. The molecule has 0 amide bonds. The highest BCUT2D eigenvalue weighted by molar-refractivity contribution is 5.43. The van der Waals surface area contributed by atoms with E-state index in [0.717, 1.165) is 11.4 Å². The van der Waals surface area contributed by atoms with Gasteiger partial charge in [0.25, 0.3) is 0 Å². The summed E-state index contributed by atoms with van der Waals surface area (Å²) in [7, 11) is 1.65. The molecule has 0 aliphatic heterocycles. The number of aliphatic hydroxyl groups excluding tert-OH is 1. The van der Waals surface area contributed by atoms with Crippen LogP contribution in [0.5, 0.6) is 0 Å². The molecule has 0 aliphatic carbocycles. The second-order valence-corrected chi connectivity index (χ2v) is 3.48. The number of hydrogen-bond acceptors (Lipinski definition) is 4. The molecule has 84 valence electrons. The second-order valence-electron chi connectivity index (χ2n) is 3.48. The summed E-state index contributed by atoms with van der Waals surface area (Å²) in [6.45, 7) is 2.71. The fourth-order valence-corrected chi connectivity index (χ4v) is 1.38. The minimum atomic E-state index is 0.105. The number of ether oxygens (including phenoxy) is 1. The number of aromatic nitrogens is 1. The number of methoxy groups -OCH3 is 1. The van der Waals surface area contributed by atoms with E-state index in [0.29, 0.717) is 13.0 Å². The molecule has 1 aromatic rings. The molecule has 4 heteroatoms. The molecule has 1 aromatic heterocycles. The average Bonchev–Trinajstić information content (AvgIpc) is 2.22. The minimum Gasteiger partial charge on any atom is -0.396 e. The van der Waals surface area contributed by atoms with Crippen LogP contribution in [0.1, 0.15) is 12.0 Å². The largest absolute Gasteiger partial charge is 0.396 e. The van der Waals surface area contributed by atoms with Crippen molar-refractivity contribution in [3.8, 4) is 0 Å². The van der Waals surface area contributed by atoms with Gasteiger partial charge in [-0.2, -0.15) is 0 Å². The molecule has 0 spiro atoms. The number of anilines is 1. The maximum absolute atomic E-state index is 8.89. The molecule has 0 radical (unpaired) electrons. The first-order chi connectivity index (χ1) is 7.27. The Morgan fingerprint density at radius 3 is 3.00 bits per heavy atom. The first-order valence-electron chi connectivity index (χ1n) is 5.06. The van der Waals surface area contributed by atoms with Gasteiger partial charge >= 0.3 is 0 Å². The summed E-state index contributed by atoms with van der Waals surface area (Å²) in [6.07, 6.45) is 2.40. The Labute approximate surface area is 90.3 Å². The van der Waals surface area contributed by atoms with Crippen LogP contribution in [-0.4, -0.2) is 36.5 Å². The second kappa shape index (κ2) is 6.37. The van der Waals surface area contributed by atoms with Gasteiger partial charge in [0.05, 0.1) is 12.6 Å². The highest BCUT2D eigenvalue weighted by Gasteiger charge is 2.09. The zero-order valence-corrected chi connectivity index (χ0v) is 9.23. The van der Waals surface area contributed by atoms with E-state index in [1.165, 1.54) is 0 Å². The van der Waals surface area contributed by atoms with E-state index in [2.05, 4.69) is 10.3 Å². The Morgan fingerprint density at radius 1 is 1.60 bits per heavy atom. The summed E-state index contributed by atoms with van der Waals surface area (Å²) >= 11 is 0. The minimum absolute atomic E-state index is 0.105. The molecule has 0 fully saturated rings. The quantitative estimate of drug-likeness (QED) is 0.740. The maximum atomic E-state index is 8.89. The number of aliphatic hydroxyl groups is 1. The third-order valence-electron chi connectivity index (χ3n) is 2.20. The van der Waals surface area contributed by atoms with Gasteiger partial charge in [-0.05, 0) is 25.0 Å². The number of hydrogen-bond donors (Lipinski definition) is 2. The van der Waals surface area contributed by atoms with Gasteiger partial charge in [0.2, 0.25) is 0 Å². The lowest BCUT2D eigenvalue weighted by Crippen LogP contribution is -2.27. The van der Waals surface area contributed by atoms with Crippen molar-refractivity contribution in [2.75, 3.05) is 25.6 Å². The first-order valence-corrected chi connectivity index (χ1v) is 5.06. The number of nitrogens with one attached hydrogen (secondary N) is 1. The fraction of sp³-hybridized carbons (Fsp3) is 0.545. The predicted octanol–water partition coefficient (Wildman–Crippen LogP) is 1.20. The molecule has 1 unspecified atom stereocenters. The van der Waals surface area contributed by atoms with Crippen molar-refractivity contribution >= 4 is 5.82 Å². The zero-order valence-electron chi connectivity index (χ0n) is 9.23. The van der Waals surface area contributed by atoms with Crippen molar-refractivity contribution in [1.82, 2.24) is 4.98 Å². The maximum Gasteiger partial charge on any atom is 0.129 e. The van der Waals surface area contributed by atoms with Crippen LogP contribution in [0.15, 0.2) is 18.3 Å². The lowest BCUT2D eigenvalue weighted by Gasteiger charge is -2.18. The van der Waals surface area contributed by atoms with Gasteiger partial charge < -0.3 is 15.2 Å². The van der Waals surface area contributed by atoms with Crippen LogP contribution in [0.4, 0.5) is 5.82 Å². The number of aryl methyl sites for hydroxylation is 1. The van der Waals surface area contributed by atoms with E-state index in [1.807, 2.05) is 19.1 Å². The summed E-state index contributed by atoms with van der Waals surface area (Å²) < 4.78 is 5.07. The normalized spacial score (nSPS) is 12.5. The van der Waals surface area contributed by atoms with Crippen molar-refractivity contribution in [1.29, 1.82) is 0 Å². The Morgan fingerprint density at radius 2 is 2.40 bits per heavy atom. The molecule has 0 bridgehead atoms.